The molecule has 1 aromatic rings. The molecule has 0 saturated heterocycles. The standard InChI is InChI=1S/C15H25BrN2O2/c1-4-20-10-8-18(2)15-6-5-14(16)11-13(15)12-17-7-9-19-3/h5-6,11,17H,4,7-10,12H2,1-3H3. The van der Waals surface area contributed by atoms with Crippen molar-refractivity contribution < 1.29 is 9.47 Å². The molecule has 0 aliphatic carbocycles. The Morgan fingerprint density at radius 1 is 1.30 bits per heavy atom. The minimum absolute atomic E-state index is 0.726. The van der Waals surface area contributed by atoms with Crippen molar-refractivity contribution in [3.63, 3.8) is 0 Å². The molecule has 0 saturated carbocycles. The summed E-state index contributed by atoms with van der Waals surface area (Å²) >= 11 is 3.54. The molecule has 0 atom stereocenters. The van der Waals surface area contributed by atoms with Gasteiger partial charge in [-0.3, -0.25) is 0 Å². The van der Waals surface area contributed by atoms with Gasteiger partial charge in [-0.15, -0.1) is 0 Å². The molecule has 0 amide bonds. The third-order valence-corrected chi connectivity index (χ3v) is 3.52. The van der Waals surface area contributed by atoms with Crippen LogP contribution in [0.15, 0.2) is 22.7 Å². The molecule has 0 aliphatic rings. The normalized spacial score (nSPS) is 10.8. The van der Waals surface area contributed by atoms with E-state index in [2.05, 4.69) is 51.4 Å². The van der Waals surface area contributed by atoms with Crippen molar-refractivity contribution >= 4 is 21.6 Å². The summed E-state index contributed by atoms with van der Waals surface area (Å²) < 4.78 is 11.6. The van der Waals surface area contributed by atoms with Gasteiger partial charge >= 0.3 is 0 Å². The van der Waals surface area contributed by atoms with E-state index >= 15 is 0 Å². The molecular formula is C15H25BrN2O2. The largest absolute Gasteiger partial charge is 0.383 e. The Morgan fingerprint density at radius 2 is 2.10 bits per heavy atom. The van der Waals surface area contributed by atoms with Crippen LogP contribution >= 0.6 is 15.9 Å². The molecule has 0 spiro atoms. The van der Waals surface area contributed by atoms with Gasteiger partial charge in [0.15, 0.2) is 0 Å². The molecule has 1 N–H and O–H groups in total. The van der Waals surface area contributed by atoms with Crippen LogP contribution < -0.4 is 10.2 Å². The topological polar surface area (TPSA) is 33.7 Å². The van der Waals surface area contributed by atoms with E-state index < -0.39 is 0 Å². The van der Waals surface area contributed by atoms with Crippen molar-refractivity contribution in [2.75, 3.05) is 52.0 Å². The zero-order valence-corrected chi connectivity index (χ0v) is 14.2. The van der Waals surface area contributed by atoms with Gasteiger partial charge < -0.3 is 19.7 Å². The van der Waals surface area contributed by atoms with Crippen LogP contribution in [0, 0.1) is 0 Å². The number of rotatable bonds is 10. The van der Waals surface area contributed by atoms with E-state index in [4.69, 9.17) is 9.47 Å². The minimum atomic E-state index is 0.726. The zero-order chi connectivity index (χ0) is 14.8. The summed E-state index contributed by atoms with van der Waals surface area (Å²) in [7, 11) is 3.81. The van der Waals surface area contributed by atoms with Gasteiger partial charge in [0, 0.05) is 50.6 Å². The number of ether oxygens (including phenoxy) is 2. The smallest absolute Gasteiger partial charge is 0.0641 e. The lowest BCUT2D eigenvalue weighted by Crippen LogP contribution is -2.25. The quantitative estimate of drug-likeness (QED) is 0.661. The third-order valence-electron chi connectivity index (χ3n) is 3.03. The van der Waals surface area contributed by atoms with Gasteiger partial charge in [0.1, 0.15) is 0 Å². The van der Waals surface area contributed by atoms with E-state index in [0.29, 0.717) is 0 Å². The lowest BCUT2D eigenvalue weighted by atomic mass is 10.1. The minimum Gasteiger partial charge on any atom is -0.383 e. The summed E-state index contributed by atoms with van der Waals surface area (Å²) in [6.07, 6.45) is 0. The zero-order valence-electron chi connectivity index (χ0n) is 12.6. The monoisotopic (exact) mass is 344 g/mol. The molecular weight excluding hydrogens is 320 g/mol. The van der Waals surface area contributed by atoms with Crippen molar-refractivity contribution in [2.24, 2.45) is 0 Å². The first-order chi connectivity index (χ1) is 9.69. The van der Waals surface area contributed by atoms with E-state index in [1.807, 2.05) is 6.92 Å². The molecule has 1 rings (SSSR count). The van der Waals surface area contributed by atoms with Gasteiger partial charge in [-0.2, -0.15) is 0 Å². The van der Waals surface area contributed by atoms with Crippen molar-refractivity contribution in [1.29, 1.82) is 0 Å². The number of methoxy groups -OCH3 is 1. The highest BCUT2D eigenvalue weighted by Crippen LogP contribution is 2.23. The van der Waals surface area contributed by atoms with Crippen molar-refractivity contribution in [2.45, 2.75) is 13.5 Å². The van der Waals surface area contributed by atoms with Gasteiger partial charge in [0.2, 0.25) is 0 Å². The maximum absolute atomic E-state index is 5.42. The first-order valence-corrected chi connectivity index (χ1v) is 7.75. The highest BCUT2D eigenvalue weighted by Gasteiger charge is 2.08. The third kappa shape index (κ3) is 6.22. The SMILES string of the molecule is CCOCCN(C)c1ccc(Br)cc1CNCCOC. The van der Waals surface area contributed by atoms with Crippen molar-refractivity contribution in [3.05, 3.63) is 28.2 Å². The average Bonchev–Trinajstić information content (AvgIpc) is 2.44. The van der Waals surface area contributed by atoms with Crippen LogP contribution in [0.3, 0.4) is 0 Å². The molecule has 0 aromatic heterocycles. The van der Waals surface area contributed by atoms with E-state index in [9.17, 15) is 0 Å². The molecule has 5 heteroatoms. The fourth-order valence-electron chi connectivity index (χ4n) is 1.93. The van der Waals surface area contributed by atoms with Crippen LogP contribution in [-0.2, 0) is 16.0 Å². The molecule has 0 aliphatic heterocycles. The van der Waals surface area contributed by atoms with Crippen LogP contribution in [0.1, 0.15) is 12.5 Å². The Hall–Kier alpha value is -0.620. The molecule has 4 nitrogen and oxygen atoms in total. The Balaban J connectivity index is 2.63. The van der Waals surface area contributed by atoms with Crippen molar-refractivity contribution in [1.82, 2.24) is 5.32 Å². The molecule has 114 valence electrons. The molecule has 20 heavy (non-hydrogen) atoms. The van der Waals surface area contributed by atoms with E-state index in [1.54, 1.807) is 7.11 Å². The lowest BCUT2D eigenvalue weighted by Gasteiger charge is -2.23. The lowest BCUT2D eigenvalue weighted by molar-refractivity contribution is 0.154. The maximum atomic E-state index is 5.42. The van der Waals surface area contributed by atoms with Crippen LogP contribution in [0.5, 0.6) is 0 Å². The highest BCUT2D eigenvalue weighted by atomic mass is 79.9. The summed E-state index contributed by atoms with van der Waals surface area (Å²) in [6, 6.07) is 6.38. The summed E-state index contributed by atoms with van der Waals surface area (Å²) in [5, 5.41) is 3.39. The van der Waals surface area contributed by atoms with Gasteiger partial charge in [-0.1, -0.05) is 15.9 Å². The second kappa shape index (κ2) is 10.2. The second-order valence-corrected chi connectivity index (χ2v) is 5.48. The van der Waals surface area contributed by atoms with Gasteiger partial charge in [0.25, 0.3) is 0 Å². The predicted molar refractivity (Wildman–Crippen MR) is 87.5 cm³/mol. The summed E-state index contributed by atoms with van der Waals surface area (Å²) in [5.74, 6) is 0. The van der Waals surface area contributed by atoms with Crippen LogP contribution in [0.25, 0.3) is 0 Å². The number of anilines is 1. The van der Waals surface area contributed by atoms with E-state index in [-0.39, 0.29) is 0 Å². The second-order valence-electron chi connectivity index (χ2n) is 4.56. The molecule has 0 heterocycles. The predicted octanol–water partition coefficient (Wildman–Crippen LogP) is 2.66. The number of benzene rings is 1. The number of nitrogens with zero attached hydrogens (tertiary/aromatic N) is 1. The highest BCUT2D eigenvalue weighted by molar-refractivity contribution is 9.10. The first kappa shape index (κ1) is 17.4. The Kier molecular flexibility index (Phi) is 8.85. The fraction of sp³-hybridized carbons (Fsp3) is 0.600. The van der Waals surface area contributed by atoms with Crippen molar-refractivity contribution in [3.8, 4) is 0 Å². The average molecular weight is 345 g/mol. The Bertz CT molecular complexity index is 388. The van der Waals surface area contributed by atoms with Crippen LogP contribution in [0.4, 0.5) is 5.69 Å². The summed E-state index contributed by atoms with van der Waals surface area (Å²) in [4.78, 5) is 2.23. The van der Waals surface area contributed by atoms with E-state index in [1.165, 1.54) is 11.3 Å². The molecule has 0 fully saturated rings. The van der Waals surface area contributed by atoms with Gasteiger partial charge in [0.05, 0.1) is 13.2 Å². The number of nitrogens with one attached hydrogen (secondary N) is 1. The summed E-state index contributed by atoms with van der Waals surface area (Å²) in [5.41, 5.74) is 2.51. The van der Waals surface area contributed by atoms with Gasteiger partial charge in [-0.05, 0) is 30.7 Å². The number of hydrogen-bond donors (Lipinski definition) is 1. The fourth-order valence-corrected chi connectivity index (χ4v) is 2.34. The number of halogens is 1. The molecule has 1 aromatic carbocycles. The van der Waals surface area contributed by atoms with Gasteiger partial charge in [-0.25, -0.2) is 0 Å². The van der Waals surface area contributed by atoms with Crippen LogP contribution in [0.2, 0.25) is 0 Å². The molecule has 0 radical (unpaired) electrons. The molecule has 0 bridgehead atoms. The summed E-state index contributed by atoms with van der Waals surface area (Å²) in [6.45, 7) is 6.83. The number of hydrogen-bond acceptors (Lipinski definition) is 4. The maximum Gasteiger partial charge on any atom is 0.0641 e. The Labute approximate surface area is 130 Å². The Morgan fingerprint density at radius 3 is 2.80 bits per heavy atom. The first-order valence-electron chi connectivity index (χ1n) is 6.96. The molecule has 0 unspecified atom stereocenters. The van der Waals surface area contributed by atoms with E-state index in [0.717, 1.165) is 43.9 Å². The van der Waals surface area contributed by atoms with Crippen LogP contribution in [-0.4, -0.2) is 47.1 Å². The number of likely N-dealkylation sites (N-methyl/N-ethyl adjacent to an activating group) is 1.